The molecule has 6 N–H and O–H groups in total. The van der Waals surface area contributed by atoms with Crippen LogP contribution in [-0.2, 0) is 10.1 Å². The van der Waals surface area contributed by atoms with Crippen molar-refractivity contribution in [3.8, 4) is 0 Å². The van der Waals surface area contributed by atoms with Gasteiger partial charge in [0, 0.05) is 12.1 Å². The van der Waals surface area contributed by atoms with Crippen LogP contribution in [0.5, 0.6) is 0 Å². The summed E-state index contributed by atoms with van der Waals surface area (Å²) in [6, 6.07) is -0.589. The highest BCUT2D eigenvalue weighted by Crippen LogP contribution is 2.54. The molecule has 2 fully saturated rings. The molecule has 2 saturated carbocycles. The molecule has 0 aliphatic heterocycles. The molecule has 2 heterocycles. The molecule has 2 aliphatic carbocycles. The SMILES string of the molecule is Cc1nc(C)nc(NC2CCC(C3CCC(Nc4nc(C)nc(C)n4)CC3S(=O)(=O)O)C(S(O)(O)O)C2)n1. The van der Waals surface area contributed by atoms with Gasteiger partial charge >= 0.3 is 0 Å². The Hall–Kier alpha value is -2.24. The van der Waals surface area contributed by atoms with Gasteiger partial charge in [0.25, 0.3) is 10.1 Å². The lowest BCUT2D eigenvalue weighted by Crippen LogP contribution is -2.50. The fourth-order valence-electron chi connectivity index (χ4n) is 5.98. The number of anilines is 2. The van der Waals surface area contributed by atoms with E-state index in [1.807, 2.05) is 0 Å². The van der Waals surface area contributed by atoms with E-state index in [-0.39, 0.29) is 24.9 Å². The molecule has 2 aromatic rings. The Kier molecular flexibility index (Phi) is 8.40. The Bertz CT molecular complexity index is 1220. The smallest absolute Gasteiger partial charge is 0.268 e. The van der Waals surface area contributed by atoms with Crippen LogP contribution in [0.25, 0.3) is 0 Å². The second-order valence-electron chi connectivity index (χ2n) is 10.3. The van der Waals surface area contributed by atoms with Gasteiger partial charge in [0.2, 0.25) is 11.9 Å². The predicted octanol–water partition coefficient (Wildman–Crippen LogP) is 3.00. The summed E-state index contributed by atoms with van der Waals surface area (Å²) in [5.41, 5.74) is 0. The Balaban J connectivity index is 1.52. The molecule has 2 aliphatic rings. The zero-order valence-corrected chi connectivity index (χ0v) is 23.4. The summed E-state index contributed by atoms with van der Waals surface area (Å²) < 4.78 is 66.4. The minimum absolute atomic E-state index is 0.0895. The first-order valence-corrected chi connectivity index (χ1v) is 15.6. The molecule has 38 heavy (non-hydrogen) atoms. The molecule has 212 valence electrons. The average Bonchev–Trinajstić information content (AvgIpc) is 2.76. The lowest BCUT2D eigenvalue weighted by molar-refractivity contribution is 0.172. The van der Waals surface area contributed by atoms with Gasteiger partial charge in [-0.2, -0.15) is 28.4 Å². The van der Waals surface area contributed by atoms with Gasteiger partial charge in [-0.3, -0.25) is 4.55 Å². The third-order valence-electron chi connectivity index (χ3n) is 7.41. The summed E-state index contributed by atoms with van der Waals surface area (Å²) >= 11 is 0. The van der Waals surface area contributed by atoms with E-state index < -0.39 is 43.3 Å². The molecule has 0 amide bonds. The van der Waals surface area contributed by atoms with Crippen LogP contribution in [-0.4, -0.2) is 79.1 Å². The summed E-state index contributed by atoms with van der Waals surface area (Å²) in [6.07, 6.45) is 2.20. The molecule has 0 aromatic carbocycles. The van der Waals surface area contributed by atoms with E-state index in [2.05, 4.69) is 40.5 Å². The van der Waals surface area contributed by atoms with Gasteiger partial charge in [-0.1, -0.05) is 0 Å². The molecule has 0 spiro atoms. The van der Waals surface area contributed by atoms with Crippen molar-refractivity contribution in [2.24, 2.45) is 11.8 Å². The largest absolute Gasteiger partial charge is 0.351 e. The zero-order chi connectivity index (χ0) is 27.8. The number of aryl methyl sites for hydroxylation is 4. The summed E-state index contributed by atoms with van der Waals surface area (Å²) in [5.74, 6) is 1.74. The minimum Gasteiger partial charge on any atom is -0.351 e. The molecule has 16 heteroatoms. The maximum absolute atomic E-state index is 12.5. The lowest BCUT2D eigenvalue weighted by Gasteiger charge is -2.48. The van der Waals surface area contributed by atoms with E-state index in [1.165, 1.54) is 0 Å². The first-order chi connectivity index (χ1) is 17.7. The van der Waals surface area contributed by atoms with E-state index in [1.54, 1.807) is 27.7 Å². The van der Waals surface area contributed by atoms with E-state index in [0.717, 1.165) is 0 Å². The zero-order valence-electron chi connectivity index (χ0n) is 21.8. The fourth-order valence-corrected chi connectivity index (χ4v) is 8.53. The highest BCUT2D eigenvalue weighted by molar-refractivity contribution is 8.19. The van der Waals surface area contributed by atoms with E-state index in [0.29, 0.717) is 60.9 Å². The minimum atomic E-state index is -4.48. The molecule has 4 rings (SSSR count). The molecule has 0 bridgehead atoms. The Labute approximate surface area is 223 Å². The normalized spacial score (nSPS) is 29.1. The van der Waals surface area contributed by atoms with Crippen molar-refractivity contribution in [3.05, 3.63) is 23.3 Å². The summed E-state index contributed by atoms with van der Waals surface area (Å²) in [6.45, 7) is 6.96. The van der Waals surface area contributed by atoms with Crippen LogP contribution >= 0.6 is 10.9 Å². The van der Waals surface area contributed by atoms with Crippen molar-refractivity contribution in [2.45, 2.75) is 88.8 Å². The lowest BCUT2D eigenvalue weighted by atomic mass is 9.71. The van der Waals surface area contributed by atoms with Crippen LogP contribution in [0.2, 0.25) is 0 Å². The average molecular weight is 573 g/mol. The first kappa shape index (κ1) is 28.8. The number of nitrogens with zero attached hydrogens (tertiary/aromatic N) is 6. The summed E-state index contributed by atoms with van der Waals surface area (Å²) in [5, 5.41) is 4.23. The van der Waals surface area contributed by atoms with Gasteiger partial charge in [-0.05, 0) is 78.1 Å². The monoisotopic (exact) mass is 572 g/mol. The fraction of sp³-hybridized carbons (Fsp3) is 0.727. The Morgan fingerprint density at radius 2 is 0.974 bits per heavy atom. The highest BCUT2D eigenvalue weighted by Gasteiger charge is 2.50. The van der Waals surface area contributed by atoms with Crippen LogP contribution in [0.4, 0.5) is 11.9 Å². The molecule has 14 nitrogen and oxygen atoms in total. The third kappa shape index (κ3) is 7.04. The van der Waals surface area contributed by atoms with Crippen molar-refractivity contribution in [3.63, 3.8) is 0 Å². The maximum atomic E-state index is 12.5. The van der Waals surface area contributed by atoms with Crippen LogP contribution in [0.1, 0.15) is 61.8 Å². The van der Waals surface area contributed by atoms with E-state index in [4.69, 9.17) is 0 Å². The number of hydrogen-bond donors (Lipinski definition) is 6. The standard InChI is InChI=1S/C22H36N8O6S2/c1-11-23-12(2)26-21(25-11)29-15-5-7-17(19(9-15)37(31,32)33)18-8-6-16(10-20(18)38(34,35)36)30-22-27-13(3)24-14(4)28-22/h15-20,31-33H,5-10H2,1-4H3,(H,34,35,36)(H,23,25,26,29)(H,24,27,28,30). The van der Waals surface area contributed by atoms with Gasteiger partial charge in [-0.15, -0.1) is 0 Å². The Morgan fingerprint density at radius 1 is 0.605 bits per heavy atom. The summed E-state index contributed by atoms with van der Waals surface area (Å²) in [7, 11) is -8.50. The van der Waals surface area contributed by atoms with Crippen molar-refractivity contribution in [1.29, 1.82) is 0 Å². The molecule has 6 atom stereocenters. The maximum Gasteiger partial charge on any atom is 0.268 e. The molecule has 0 radical (unpaired) electrons. The first-order valence-electron chi connectivity index (χ1n) is 12.6. The second kappa shape index (κ2) is 11.1. The Morgan fingerprint density at radius 3 is 1.34 bits per heavy atom. The van der Waals surface area contributed by atoms with Gasteiger partial charge in [-0.25, -0.2) is 9.97 Å². The van der Waals surface area contributed by atoms with E-state index in [9.17, 15) is 26.6 Å². The molecule has 2 aromatic heterocycles. The molecule has 6 unspecified atom stereocenters. The summed E-state index contributed by atoms with van der Waals surface area (Å²) in [4.78, 5) is 25.4. The third-order valence-corrected chi connectivity index (χ3v) is 10.1. The van der Waals surface area contributed by atoms with Crippen molar-refractivity contribution < 1.29 is 26.6 Å². The quantitative estimate of drug-likeness (QED) is 0.263. The highest BCUT2D eigenvalue weighted by atomic mass is 32.3. The van der Waals surface area contributed by atoms with Gasteiger partial charge in [0.05, 0.1) is 21.4 Å². The van der Waals surface area contributed by atoms with Crippen molar-refractivity contribution in [1.82, 2.24) is 29.9 Å². The number of hydrogen-bond acceptors (Lipinski definition) is 13. The van der Waals surface area contributed by atoms with E-state index >= 15 is 0 Å². The number of nitrogens with one attached hydrogen (secondary N) is 2. The van der Waals surface area contributed by atoms with Crippen molar-refractivity contribution >= 4 is 32.9 Å². The molecular formula is C22H36N8O6S2. The van der Waals surface area contributed by atoms with Crippen LogP contribution in [0.15, 0.2) is 0 Å². The van der Waals surface area contributed by atoms with Crippen LogP contribution in [0, 0.1) is 39.5 Å². The van der Waals surface area contributed by atoms with Crippen LogP contribution in [0.3, 0.4) is 0 Å². The van der Waals surface area contributed by atoms with Gasteiger partial charge in [0.1, 0.15) is 23.3 Å². The molecule has 0 saturated heterocycles. The van der Waals surface area contributed by atoms with Crippen molar-refractivity contribution in [2.75, 3.05) is 10.6 Å². The van der Waals surface area contributed by atoms with Gasteiger partial charge in [0.15, 0.2) is 0 Å². The number of rotatable bonds is 7. The second-order valence-corrected chi connectivity index (χ2v) is 13.7. The predicted molar refractivity (Wildman–Crippen MR) is 143 cm³/mol. The topological polar surface area (TPSA) is 216 Å². The number of aromatic nitrogens is 6. The van der Waals surface area contributed by atoms with Gasteiger partial charge < -0.3 is 24.3 Å². The van der Waals surface area contributed by atoms with Crippen LogP contribution < -0.4 is 10.6 Å². The molecular weight excluding hydrogens is 536 g/mol.